The van der Waals surface area contributed by atoms with E-state index in [4.69, 9.17) is 9.53 Å². The molecule has 1 aromatic rings. The van der Waals surface area contributed by atoms with Gasteiger partial charge in [0, 0.05) is 5.56 Å². The van der Waals surface area contributed by atoms with E-state index in [1.807, 2.05) is 25.1 Å². The molecule has 0 unspecified atom stereocenters. The lowest BCUT2D eigenvalue weighted by Crippen LogP contribution is -2.44. The average Bonchev–Trinajstić information content (AvgIpc) is 2.19. The summed E-state index contributed by atoms with van der Waals surface area (Å²) in [7, 11) is -1.94. The lowest BCUT2D eigenvalue weighted by Gasteiger charge is -2.37. The van der Waals surface area contributed by atoms with E-state index in [2.05, 4.69) is 33.9 Å². The largest absolute Gasteiger partial charge is 0.543 e. The van der Waals surface area contributed by atoms with Crippen molar-refractivity contribution >= 4 is 14.3 Å². The Hall–Kier alpha value is -1.29. The van der Waals surface area contributed by atoms with Crippen LogP contribution in [-0.4, -0.2) is 19.4 Å². The highest BCUT2D eigenvalue weighted by Crippen LogP contribution is 2.38. The molecule has 0 fully saturated rings. The fourth-order valence-corrected chi connectivity index (χ4v) is 2.59. The maximum atomic E-state index is 11.0. The predicted molar refractivity (Wildman–Crippen MR) is 80.3 cm³/mol. The van der Waals surface area contributed by atoms with Crippen LogP contribution < -0.4 is 4.43 Å². The zero-order valence-electron chi connectivity index (χ0n) is 12.7. The minimum atomic E-state index is -1.94. The van der Waals surface area contributed by atoms with Crippen LogP contribution in [0.4, 0.5) is 0 Å². The number of benzene rings is 1. The van der Waals surface area contributed by atoms with Crippen LogP contribution in [0.5, 0.6) is 5.75 Å². The molecule has 1 aromatic carbocycles. The minimum Gasteiger partial charge on any atom is -0.543 e. The van der Waals surface area contributed by atoms with Gasteiger partial charge in [-0.1, -0.05) is 38.5 Å². The molecular weight excluding hydrogens is 256 g/mol. The van der Waals surface area contributed by atoms with Gasteiger partial charge in [0.1, 0.15) is 5.75 Å². The van der Waals surface area contributed by atoms with Crippen molar-refractivity contribution in [3.63, 3.8) is 0 Å². The monoisotopic (exact) mass is 280 g/mol. The summed E-state index contributed by atoms with van der Waals surface area (Å²) >= 11 is 0. The molecule has 0 saturated heterocycles. The molecular formula is C15H24O3Si. The topological polar surface area (TPSA) is 46.5 Å². The number of carboxylic acids is 1. The molecule has 1 rings (SSSR count). The Bertz CT molecular complexity index is 473. The Kier molecular flexibility index (Phi) is 4.45. The fraction of sp³-hybridized carbons (Fsp3) is 0.533. The third-order valence-electron chi connectivity index (χ3n) is 3.73. The van der Waals surface area contributed by atoms with Crippen molar-refractivity contribution in [2.45, 2.75) is 52.2 Å². The number of carbonyl (C=O) groups is 1. The second-order valence-electron chi connectivity index (χ2n) is 6.54. The van der Waals surface area contributed by atoms with E-state index in [0.29, 0.717) is 0 Å². The van der Waals surface area contributed by atoms with Crippen LogP contribution in [0.2, 0.25) is 18.1 Å². The smallest absolute Gasteiger partial charge is 0.307 e. The molecule has 1 N–H and O–H groups in total. The molecule has 0 saturated carbocycles. The Morgan fingerprint density at radius 1 is 1.32 bits per heavy atom. The molecule has 0 spiro atoms. The van der Waals surface area contributed by atoms with Crippen molar-refractivity contribution in [3.05, 3.63) is 29.3 Å². The van der Waals surface area contributed by atoms with E-state index in [1.54, 1.807) is 0 Å². The molecule has 0 aliphatic rings. The van der Waals surface area contributed by atoms with Crippen LogP contribution in [0.15, 0.2) is 18.2 Å². The van der Waals surface area contributed by atoms with Crippen LogP contribution in [0, 0.1) is 6.92 Å². The highest BCUT2D eigenvalue weighted by Gasteiger charge is 2.39. The second-order valence-corrected chi connectivity index (χ2v) is 11.3. The Morgan fingerprint density at radius 3 is 2.37 bits per heavy atom. The minimum absolute atomic E-state index is 0.00559. The average molecular weight is 280 g/mol. The normalized spacial score (nSPS) is 12.3. The van der Waals surface area contributed by atoms with Gasteiger partial charge in [-0.2, -0.15) is 0 Å². The van der Waals surface area contributed by atoms with Crippen LogP contribution >= 0.6 is 0 Å². The van der Waals surface area contributed by atoms with Crippen LogP contribution in [0.3, 0.4) is 0 Å². The van der Waals surface area contributed by atoms with Crippen molar-refractivity contribution in [2.24, 2.45) is 0 Å². The maximum absolute atomic E-state index is 11.0. The van der Waals surface area contributed by atoms with Gasteiger partial charge in [0.05, 0.1) is 6.42 Å². The Balaban J connectivity index is 3.10. The van der Waals surface area contributed by atoms with Crippen LogP contribution in [0.1, 0.15) is 31.9 Å². The van der Waals surface area contributed by atoms with Gasteiger partial charge in [-0.15, -0.1) is 0 Å². The molecule has 0 bridgehead atoms. The quantitative estimate of drug-likeness (QED) is 0.848. The molecule has 0 heterocycles. The lowest BCUT2D eigenvalue weighted by atomic mass is 10.1. The van der Waals surface area contributed by atoms with Crippen molar-refractivity contribution in [3.8, 4) is 5.75 Å². The molecule has 4 heteroatoms. The van der Waals surface area contributed by atoms with Gasteiger partial charge in [0.2, 0.25) is 8.32 Å². The number of aryl methyl sites for hydroxylation is 1. The van der Waals surface area contributed by atoms with Gasteiger partial charge < -0.3 is 9.53 Å². The Morgan fingerprint density at radius 2 is 1.89 bits per heavy atom. The number of rotatable bonds is 4. The number of hydrogen-bond donors (Lipinski definition) is 1. The summed E-state index contributed by atoms with van der Waals surface area (Å²) in [6.45, 7) is 12.8. The molecule has 0 amide bonds. The highest BCUT2D eigenvalue weighted by atomic mass is 28.4. The molecule has 19 heavy (non-hydrogen) atoms. The first kappa shape index (κ1) is 15.8. The molecule has 0 aliphatic heterocycles. The zero-order chi connectivity index (χ0) is 14.8. The number of carboxylic acid groups (broad SMARTS) is 1. The van der Waals surface area contributed by atoms with E-state index < -0.39 is 14.3 Å². The van der Waals surface area contributed by atoms with Crippen molar-refractivity contribution in [2.75, 3.05) is 0 Å². The summed E-state index contributed by atoms with van der Waals surface area (Å²) < 4.78 is 6.23. The van der Waals surface area contributed by atoms with Gasteiger partial charge in [-0.3, -0.25) is 4.79 Å². The highest BCUT2D eigenvalue weighted by molar-refractivity contribution is 6.74. The second kappa shape index (κ2) is 5.37. The van der Waals surface area contributed by atoms with E-state index >= 15 is 0 Å². The van der Waals surface area contributed by atoms with Crippen LogP contribution in [0.25, 0.3) is 0 Å². The summed E-state index contributed by atoms with van der Waals surface area (Å²) in [5.74, 6) is -0.106. The first-order valence-electron chi connectivity index (χ1n) is 6.53. The van der Waals surface area contributed by atoms with Crippen LogP contribution in [-0.2, 0) is 11.2 Å². The van der Waals surface area contributed by atoms with Crippen molar-refractivity contribution in [1.82, 2.24) is 0 Å². The lowest BCUT2D eigenvalue weighted by molar-refractivity contribution is -0.136. The van der Waals surface area contributed by atoms with Gasteiger partial charge in [0.15, 0.2) is 0 Å². The first-order chi connectivity index (χ1) is 8.53. The molecule has 0 atom stereocenters. The number of aliphatic carboxylic acids is 1. The molecule has 0 radical (unpaired) electrons. The zero-order valence-corrected chi connectivity index (χ0v) is 13.7. The Labute approximate surface area is 116 Å². The molecule has 3 nitrogen and oxygen atoms in total. The molecule has 0 aromatic heterocycles. The first-order valence-corrected chi connectivity index (χ1v) is 9.44. The van der Waals surface area contributed by atoms with Crippen molar-refractivity contribution < 1.29 is 14.3 Å². The summed E-state index contributed by atoms with van der Waals surface area (Å²) in [4.78, 5) is 11.0. The fourth-order valence-electron chi connectivity index (χ4n) is 1.54. The molecule has 106 valence electrons. The third-order valence-corrected chi connectivity index (χ3v) is 8.07. The van der Waals surface area contributed by atoms with E-state index in [1.165, 1.54) is 0 Å². The maximum Gasteiger partial charge on any atom is 0.307 e. The van der Waals surface area contributed by atoms with E-state index in [-0.39, 0.29) is 11.5 Å². The summed E-state index contributed by atoms with van der Waals surface area (Å²) in [6, 6.07) is 5.76. The third kappa shape index (κ3) is 4.09. The standard InChI is InChI=1S/C15H24O3Si/c1-11-7-8-13(12(9-11)10-14(16)17)18-19(5,6)15(2,3)4/h7-9H,10H2,1-6H3,(H,16,17). The SMILES string of the molecule is Cc1ccc(O[Si](C)(C)C(C)(C)C)c(CC(=O)O)c1. The predicted octanol–water partition coefficient (Wildman–Crippen LogP) is 4.01. The summed E-state index contributed by atoms with van der Waals surface area (Å²) in [5.41, 5.74) is 1.82. The van der Waals surface area contributed by atoms with Gasteiger partial charge in [-0.25, -0.2) is 0 Å². The summed E-state index contributed by atoms with van der Waals surface area (Å²) in [6.07, 6.45) is 0.00559. The van der Waals surface area contributed by atoms with Crippen molar-refractivity contribution in [1.29, 1.82) is 0 Å². The van der Waals surface area contributed by atoms with Gasteiger partial charge >= 0.3 is 5.97 Å². The summed E-state index contributed by atoms with van der Waals surface area (Å²) in [5, 5.41) is 9.09. The molecule has 0 aliphatic carbocycles. The number of hydrogen-bond acceptors (Lipinski definition) is 2. The van der Waals surface area contributed by atoms with Gasteiger partial charge in [-0.05, 0) is 31.1 Å². The van der Waals surface area contributed by atoms with E-state index in [9.17, 15) is 4.79 Å². The van der Waals surface area contributed by atoms with Gasteiger partial charge in [0.25, 0.3) is 0 Å². The van der Waals surface area contributed by atoms with E-state index in [0.717, 1.165) is 16.9 Å².